The van der Waals surface area contributed by atoms with Crippen molar-refractivity contribution in [2.75, 3.05) is 5.32 Å². The minimum Gasteiger partial charge on any atom is -0.326 e. The van der Waals surface area contributed by atoms with Gasteiger partial charge in [-0.3, -0.25) is 9.36 Å². The van der Waals surface area contributed by atoms with Crippen LogP contribution in [0, 0.1) is 5.41 Å². The van der Waals surface area contributed by atoms with Crippen molar-refractivity contribution in [3.05, 3.63) is 47.4 Å². The van der Waals surface area contributed by atoms with Crippen molar-refractivity contribution < 1.29 is 18.0 Å². The Balaban J connectivity index is 1.94. The molecule has 1 amide bonds. The quantitative estimate of drug-likeness (QED) is 0.702. The molecule has 0 fully saturated rings. The number of fused-ring (bicyclic) bond motifs is 2. The van der Waals surface area contributed by atoms with Crippen molar-refractivity contribution in [3.63, 3.8) is 0 Å². The molecule has 0 unspecified atom stereocenters. The summed E-state index contributed by atoms with van der Waals surface area (Å²) in [5.41, 5.74) is 1.65. The number of nitrogens with zero attached hydrogens (tertiary/aromatic N) is 3. The molecule has 0 saturated carbocycles. The van der Waals surface area contributed by atoms with Gasteiger partial charge in [0.25, 0.3) is 0 Å². The molecule has 1 aliphatic rings. The van der Waals surface area contributed by atoms with Crippen LogP contribution in [-0.2, 0) is 23.8 Å². The second kappa shape index (κ2) is 6.05. The molecule has 146 valence electrons. The Hall–Kier alpha value is -2.90. The van der Waals surface area contributed by atoms with E-state index in [1.54, 1.807) is 16.7 Å². The number of carbonyl (C=O) groups is 1. The van der Waals surface area contributed by atoms with E-state index in [9.17, 15) is 18.0 Å². The highest BCUT2D eigenvalue weighted by atomic mass is 19.4. The van der Waals surface area contributed by atoms with Crippen LogP contribution in [0.2, 0.25) is 0 Å². The average molecular weight is 388 g/mol. The highest BCUT2D eigenvalue weighted by molar-refractivity contribution is 5.99. The molecule has 2 aromatic heterocycles. The predicted octanol–water partition coefficient (Wildman–Crippen LogP) is 4.52. The Morgan fingerprint density at radius 1 is 1.11 bits per heavy atom. The lowest BCUT2D eigenvalue weighted by atomic mass is 9.92. The van der Waals surface area contributed by atoms with E-state index in [4.69, 9.17) is 0 Å². The number of carbonyl (C=O) groups excluding carboxylic acids is 1. The SMILES string of the molecule is CC(C)(C)Cc1nc2ccc(C(F)(F)F)nc2n1-c1ccc2c(c1)CC(=O)N2. The summed E-state index contributed by atoms with van der Waals surface area (Å²) in [5, 5.41) is 2.76. The normalized spacial score (nSPS) is 14.4. The molecule has 28 heavy (non-hydrogen) atoms. The largest absolute Gasteiger partial charge is 0.433 e. The highest BCUT2D eigenvalue weighted by Crippen LogP contribution is 2.33. The summed E-state index contributed by atoms with van der Waals surface area (Å²) < 4.78 is 41.3. The lowest BCUT2D eigenvalue weighted by Crippen LogP contribution is -2.14. The average Bonchev–Trinajstić information content (AvgIpc) is 3.09. The zero-order valence-corrected chi connectivity index (χ0v) is 15.7. The molecule has 0 atom stereocenters. The van der Waals surface area contributed by atoms with E-state index in [2.05, 4.69) is 15.3 Å². The van der Waals surface area contributed by atoms with Crippen molar-refractivity contribution in [1.82, 2.24) is 14.5 Å². The van der Waals surface area contributed by atoms with Crippen molar-refractivity contribution in [3.8, 4) is 5.69 Å². The monoisotopic (exact) mass is 388 g/mol. The molecule has 1 N–H and O–H groups in total. The van der Waals surface area contributed by atoms with E-state index in [1.165, 1.54) is 6.07 Å². The Labute approximate surface area is 159 Å². The zero-order chi connectivity index (χ0) is 20.3. The molecule has 0 bridgehead atoms. The Morgan fingerprint density at radius 2 is 1.86 bits per heavy atom. The third-order valence-electron chi connectivity index (χ3n) is 4.52. The maximum atomic E-state index is 13.2. The molecule has 0 radical (unpaired) electrons. The second-order valence-electron chi connectivity index (χ2n) is 8.20. The number of rotatable bonds is 2. The van der Waals surface area contributed by atoms with E-state index < -0.39 is 11.9 Å². The first-order valence-electron chi connectivity index (χ1n) is 8.90. The Morgan fingerprint density at radius 3 is 2.54 bits per heavy atom. The fourth-order valence-electron chi connectivity index (χ4n) is 3.38. The number of benzene rings is 1. The molecule has 8 heteroatoms. The zero-order valence-electron chi connectivity index (χ0n) is 15.7. The van der Waals surface area contributed by atoms with Gasteiger partial charge in [0.15, 0.2) is 5.65 Å². The lowest BCUT2D eigenvalue weighted by molar-refractivity contribution is -0.141. The fourth-order valence-corrected chi connectivity index (χ4v) is 3.38. The van der Waals surface area contributed by atoms with Crippen LogP contribution >= 0.6 is 0 Å². The van der Waals surface area contributed by atoms with Crippen molar-refractivity contribution in [2.45, 2.75) is 39.8 Å². The first-order valence-corrected chi connectivity index (χ1v) is 8.90. The van der Waals surface area contributed by atoms with Crippen LogP contribution in [0.15, 0.2) is 30.3 Å². The number of pyridine rings is 1. The van der Waals surface area contributed by atoms with Gasteiger partial charge in [-0.1, -0.05) is 20.8 Å². The number of halogens is 3. The summed E-state index contributed by atoms with van der Waals surface area (Å²) in [6.45, 7) is 6.11. The van der Waals surface area contributed by atoms with E-state index in [0.29, 0.717) is 23.4 Å². The summed E-state index contributed by atoms with van der Waals surface area (Å²) >= 11 is 0. The van der Waals surface area contributed by atoms with Crippen LogP contribution in [0.3, 0.4) is 0 Å². The highest BCUT2D eigenvalue weighted by Gasteiger charge is 2.33. The fraction of sp³-hybridized carbons (Fsp3) is 0.350. The number of nitrogens with one attached hydrogen (secondary N) is 1. The summed E-state index contributed by atoms with van der Waals surface area (Å²) in [6, 6.07) is 7.63. The predicted molar refractivity (Wildman–Crippen MR) is 99.4 cm³/mol. The van der Waals surface area contributed by atoms with E-state index in [1.807, 2.05) is 26.8 Å². The van der Waals surface area contributed by atoms with Gasteiger partial charge < -0.3 is 5.32 Å². The van der Waals surface area contributed by atoms with E-state index >= 15 is 0 Å². The van der Waals surface area contributed by atoms with Crippen LogP contribution in [0.1, 0.15) is 37.9 Å². The number of imidazole rings is 1. The molecule has 3 aromatic rings. The van der Waals surface area contributed by atoms with Crippen LogP contribution in [0.5, 0.6) is 0 Å². The van der Waals surface area contributed by atoms with Gasteiger partial charge in [-0.15, -0.1) is 0 Å². The van der Waals surface area contributed by atoms with Crippen molar-refractivity contribution >= 4 is 22.8 Å². The molecule has 1 aromatic carbocycles. The number of aromatic nitrogens is 3. The molecule has 0 spiro atoms. The van der Waals surface area contributed by atoms with Gasteiger partial charge in [0.2, 0.25) is 5.91 Å². The van der Waals surface area contributed by atoms with Crippen LogP contribution < -0.4 is 5.32 Å². The molecule has 4 rings (SSSR count). The molecule has 1 aliphatic heterocycles. The number of anilines is 1. The maximum absolute atomic E-state index is 13.2. The smallest absolute Gasteiger partial charge is 0.326 e. The van der Waals surface area contributed by atoms with Crippen LogP contribution in [0.4, 0.5) is 18.9 Å². The van der Waals surface area contributed by atoms with Crippen molar-refractivity contribution in [2.24, 2.45) is 5.41 Å². The number of amides is 1. The Kier molecular flexibility index (Phi) is 3.99. The summed E-state index contributed by atoms with van der Waals surface area (Å²) in [7, 11) is 0. The van der Waals surface area contributed by atoms with Crippen LogP contribution in [-0.4, -0.2) is 20.4 Å². The molecule has 3 heterocycles. The molecule has 5 nitrogen and oxygen atoms in total. The summed E-state index contributed by atoms with van der Waals surface area (Å²) in [4.78, 5) is 20.1. The number of hydrogen-bond donors (Lipinski definition) is 1. The second-order valence-corrected chi connectivity index (χ2v) is 8.20. The Bertz CT molecular complexity index is 1090. The minimum absolute atomic E-state index is 0.102. The van der Waals surface area contributed by atoms with Gasteiger partial charge in [-0.05, 0) is 41.3 Å². The van der Waals surface area contributed by atoms with Gasteiger partial charge >= 0.3 is 6.18 Å². The first kappa shape index (κ1) is 18.5. The van der Waals surface area contributed by atoms with Gasteiger partial charge in [-0.25, -0.2) is 9.97 Å². The third kappa shape index (κ3) is 3.34. The number of hydrogen-bond acceptors (Lipinski definition) is 3. The molecular formula is C20H19F3N4O. The van der Waals surface area contributed by atoms with Gasteiger partial charge in [0.1, 0.15) is 17.0 Å². The van der Waals surface area contributed by atoms with Crippen molar-refractivity contribution in [1.29, 1.82) is 0 Å². The summed E-state index contributed by atoms with van der Waals surface area (Å²) in [6.07, 6.45) is -3.74. The van der Waals surface area contributed by atoms with Gasteiger partial charge in [0.05, 0.1) is 6.42 Å². The molecule has 0 aliphatic carbocycles. The molecular weight excluding hydrogens is 369 g/mol. The minimum atomic E-state index is -4.54. The summed E-state index contributed by atoms with van der Waals surface area (Å²) in [5.74, 6) is 0.529. The lowest BCUT2D eigenvalue weighted by Gasteiger charge is -2.19. The van der Waals surface area contributed by atoms with Crippen LogP contribution in [0.25, 0.3) is 16.9 Å². The third-order valence-corrected chi connectivity index (χ3v) is 4.52. The first-order chi connectivity index (χ1) is 13.0. The van der Waals surface area contributed by atoms with E-state index in [-0.39, 0.29) is 23.4 Å². The number of alkyl halides is 3. The van der Waals surface area contributed by atoms with Gasteiger partial charge in [0, 0.05) is 17.8 Å². The topological polar surface area (TPSA) is 59.8 Å². The van der Waals surface area contributed by atoms with Gasteiger partial charge in [-0.2, -0.15) is 13.2 Å². The van der Waals surface area contributed by atoms with E-state index in [0.717, 1.165) is 17.3 Å². The standard InChI is InChI=1S/C20H19F3N4O/c1-19(2,3)10-16-24-14-6-7-15(20(21,22)23)26-18(14)27(16)12-4-5-13-11(8-12)9-17(28)25-13/h4-8H,9-10H2,1-3H3,(H,25,28). The maximum Gasteiger partial charge on any atom is 0.433 e. The molecule has 0 saturated heterocycles.